The number of hydrogen-bond donors (Lipinski definition) is 3. The van der Waals surface area contributed by atoms with E-state index in [0.717, 1.165) is 0 Å². The van der Waals surface area contributed by atoms with Gasteiger partial charge in [-0.15, -0.1) is 24.0 Å². The number of nitrogens with zero attached hydrogens (tertiary/aromatic N) is 4. The third-order valence-corrected chi connectivity index (χ3v) is 3.67. The first-order chi connectivity index (χ1) is 12.0. The fraction of sp³-hybridized carbons (Fsp3) is 0.750. The average molecular weight is 506 g/mol. The van der Waals surface area contributed by atoms with E-state index in [-0.39, 0.29) is 30.5 Å². The fourth-order valence-electron chi connectivity index (χ4n) is 2.31. The van der Waals surface area contributed by atoms with Gasteiger partial charge in [-0.25, -0.2) is 4.99 Å². The van der Waals surface area contributed by atoms with Crippen molar-refractivity contribution < 1.29 is 18.3 Å². The molecule has 3 N–H and O–H groups in total. The highest BCUT2D eigenvalue weighted by molar-refractivity contribution is 14.0. The number of halogens is 4. The molecule has 0 aliphatic rings. The molecule has 1 aromatic rings. The van der Waals surface area contributed by atoms with Crippen molar-refractivity contribution in [2.24, 2.45) is 12.0 Å². The number of nitrogens with one attached hydrogen (secondary N) is 2. The summed E-state index contributed by atoms with van der Waals surface area (Å²) in [6, 6.07) is 0. The first-order valence-electron chi connectivity index (χ1n) is 8.52. The van der Waals surface area contributed by atoms with Gasteiger partial charge in [0.1, 0.15) is 5.60 Å². The predicted octanol–water partition coefficient (Wildman–Crippen LogP) is 1.68. The van der Waals surface area contributed by atoms with E-state index < -0.39 is 18.3 Å². The van der Waals surface area contributed by atoms with Crippen LogP contribution in [0.5, 0.6) is 0 Å². The Balaban J connectivity index is 0.00000676. The van der Waals surface area contributed by atoms with Gasteiger partial charge in [0.05, 0.1) is 19.3 Å². The second-order valence-corrected chi connectivity index (χ2v) is 6.50. The van der Waals surface area contributed by atoms with E-state index in [1.54, 1.807) is 31.0 Å². The number of aliphatic imine (C=N–C) groups is 1. The third kappa shape index (κ3) is 10.7. The lowest BCUT2D eigenvalue weighted by atomic mass is 10.0. The van der Waals surface area contributed by atoms with E-state index in [4.69, 9.17) is 0 Å². The number of alkyl halides is 3. The van der Waals surface area contributed by atoms with Crippen molar-refractivity contribution in [1.29, 1.82) is 0 Å². The van der Waals surface area contributed by atoms with E-state index in [0.29, 0.717) is 37.6 Å². The Morgan fingerprint density at radius 1 is 1.37 bits per heavy atom. The molecule has 0 radical (unpaired) electrons. The second-order valence-electron chi connectivity index (χ2n) is 6.50. The molecule has 0 amide bonds. The summed E-state index contributed by atoms with van der Waals surface area (Å²) in [6.07, 6.45) is -0.328. The molecule has 11 heteroatoms. The van der Waals surface area contributed by atoms with Crippen LogP contribution in [0.4, 0.5) is 13.2 Å². The van der Waals surface area contributed by atoms with Gasteiger partial charge in [0, 0.05) is 31.9 Å². The summed E-state index contributed by atoms with van der Waals surface area (Å²) in [4.78, 5) is 5.60. The minimum Gasteiger partial charge on any atom is -0.383 e. The third-order valence-electron chi connectivity index (χ3n) is 3.67. The van der Waals surface area contributed by atoms with Crippen LogP contribution in [0.15, 0.2) is 17.4 Å². The van der Waals surface area contributed by atoms with Crippen LogP contribution in [0.1, 0.15) is 25.8 Å². The van der Waals surface area contributed by atoms with Crippen molar-refractivity contribution in [3.63, 3.8) is 0 Å². The first kappa shape index (κ1) is 25.9. The Hall–Kier alpha value is -1.08. The van der Waals surface area contributed by atoms with E-state index in [1.165, 1.54) is 11.9 Å². The van der Waals surface area contributed by atoms with Crippen molar-refractivity contribution in [3.8, 4) is 0 Å². The van der Waals surface area contributed by atoms with Crippen LogP contribution in [-0.4, -0.2) is 71.7 Å². The van der Waals surface area contributed by atoms with Crippen molar-refractivity contribution in [2.75, 3.05) is 39.8 Å². The van der Waals surface area contributed by atoms with Gasteiger partial charge in [-0.1, -0.05) is 0 Å². The predicted molar refractivity (Wildman–Crippen MR) is 110 cm³/mol. The van der Waals surface area contributed by atoms with Crippen LogP contribution >= 0.6 is 24.0 Å². The quantitative estimate of drug-likeness (QED) is 0.206. The Kier molecular flexibility index (Phi) is 11.2. The topological polar surface area (TPSA) is 77.7 Å². The molecule has 0 aromatic carbocycles. The molecule has 0 saturated carbocycles. The number of aryl methyl sites for hydroxylation is 1. The highest BCUT2D eigenvalue weighted by atomic mass is 127. The molecule has 0 aliphatic carbocycles. The molecule has 0 aliphatic heterocycles. The van der Waals surface area contributed by atoms with Gasteiger partial charge in [-0.3, -0.25) is 9.58 Å². The minimum atomic E-state index is -4.18. The van der Waals surface area contributed by atoms with Crippen molar-refractivity contribution in [3.05, 3.63) is 18.0 Å². The number of guanidine groups is 1. The lowest BCUT2D eigenvalue weighted by Crippen LogP contribution is -2.40. The van der Waals surface area contributed by atoms with Gasteiger partial charge in [0.2, 0.25) is 0 Å². The molecule has 1 unspecified atom stereocenters. The van der Waals surface area contributed by atoms with Gasteiger partial charge in [0.25, 0.3) is 0 Å². The Morgan fingerprint density at radius 3 is 2.56 bits per heavy atom. The normalized spacial score (nSPS) is 14.6. The molecular weight excluding hydrogens is 476 g/mol. The fourth-order valence-corrected chi connectivity index (χ4v) is 2.31. The van der Waals surface area contributed by atoms with Gasteiger partial charge in [0.15, 0.2) is 5.96 Å². The Labute approximate surface area is 175 Å². The Bertz CT molecular complexity index is 577. The lowest BCUT2D eigenvalue weighted by molar-refractivity contribution is -0.143. The van der Waals surface area contributed by atoms with Gasteiger partial charge in [-0.05, 0) is 33.9 Å². The molecule has 0 saturated heterocycles. The maximum atomic E-state index is 12.3. The zero-order chi connectivity index (χ0) is 19.8. The highest BCUT2D eigenvalue weighted by Crippen LogP contribution is 2.19. The smallest absolute Gasteiger partial charge is 0.383 e. The van der Waals surface area contributed by atoms with Gasteiger partial charge in [-0.2, -0.15) is 18.3 Å². The van der Waals surface area contributed by atoms with E-state index in [2.05, 4.69) is 20.7 Å². The van der Waals surface area contributed by atoms with Crippen LogP contribution in [0, 0.1) is 0 Å². The molecule has 158 valence electrons. The molecule has 27 heavy (non-hydrogen) atoms. The van der Waals surface area contributed by atoms with Crippen LogP contribution in [0.2, 0.25) is 0 Å². The number of aliphatic hydroxyl groups is 1. The summed E-state index contributed by atoms with van der Waals surface area (Å²) in [5.41, 5.74) is -0.503. The lowest BCUT2D eigenvalue weighted by Gasteiger charge is -2.21. The first-order valence-corrected chi connectivity index (χ1v) is 8.52. The van der Waals surface area contributed by atoms with Crippen LogP contribution in [0.3, 0.4) is 0 Å². The van der Waals surface area contributed by atoms with E-state index >= 15 is 0 Å². The summed E-state index contributed by atoms with van der Waals surface area (Å²) in [5, 5.41) is 20.7. The summed E-state index contributed by atoms with van der Waals surface area (Å²) in [7, 11) is 3.21. The monoisotopic (exact) mass is 506 g/mol. The average Bonchev–Trinajstić information content (AvgIpc) is 2.94. The zero-order valence-corrected chi connectivity index (χ0v) is 18.5. The van der Waals surface area contributed by atoms with Gasteiger partial charge >= 0.3 is 6.18 Å². The van der Waals surface area contributed by atoms with Crippen molar-refractivity contribution in [2.45, 2.75) is 32.0 Å². The number of hydrogen-bond acceptors (Lipinski definition) is 4. The molecule has 1 aromatic heterocycles. The van der Waals surface area contributed by atoms with E-state index in [9.17, 15) is 18.3 Å². The van der Waals surface area contributed by atoms with Crippen LogP contribution < -0.4 is 10.6 Å². The molecule has 7 nitrogen and oxygen atoms in total. The van der Waals surface area contributed by atoms with Crippen molar-refractivity contribution >= 4 is 29.9 Å². The standard InChI is InChI=1S/C16H29F3N6O.HI/c1-5-20-14(21-7-6-8-24(3)12-16(17,18)19)22-11-15(2,26)13-9-23-25(4)10-13;/h9-10,26H,5-8,11-12H2,1-4H3,(H2,20,21,22);1H. The summed E-state index contributed by atoms with van der Waals surface area (Å²) in [6.45, 7) is 4.20. The largest absolute Gasteiger partial charge is 0.401 e. The van der Waals surface area contributed by atoms with Crippen LogP contribution in [0.25, 0.3) is 0 Å². The molecule has 1 atom stereocenters. The van der Waals surface area contributed by atoms with Gasteiger partial charge < -0.3 is 15.7 Å². The molecule has 0 fully saturated rings. The molecule has 1 rings (SSSR count). The summed E-state index contributed by atoms with van der Waals surface area (Å²) >= 11 is 0. The maximum absolute atomic E-state index is 12.3. The maximum Gasteiger partial charge on any atom is 0.401 e. The summed E-state index contributed by atoms with van der Waals surface area (Å²) < 4.78 is 38.4. The molecule has 0 spiro atoms. The van der Waals surface area contributed by atoms with Crippen LogP contribution in [-0.2, 0) is 12.6 Å². The minimum absolute atomic E-state index is 0. The molecule has 0 bridgehead atoms. The zero-order valence-electron chi connectivity index (χ0n) is 16.2. The molecular formula is C16H30F3IN6O. The second kappa shape index (κ2) is 11.7. The SMILES string of the molecule is CCNC(=NCC(C)(O)c1cnn(C)c1)NCCCN(C)CC(F)(F)F.I. The van der Waals surface area contributed by atoms with Crippen molar-refractivity contribution in [1.82, 2.24) is 25.3 Å². The number of aromatic nitrogens is 2. The highest BCUT2D eigenvalue weighted by Gasteiger charge is 2.28. The van der Waals surface area contributed by atoms with E-state index in [1.807, 2.05) is 6.92 Å². The number of rotatable bonds is 9. The Morgan fingerprint density at radius 2 is 2.04 bits per heavy atom. The molecule has 1 heterocycles. The summed E-state index contributed by atoms with van der Waals surface area (Å²) in [5.74, 6) is 0.509.